The summed E-state index contributed by atoms with van der Waals surface area (Å²) in [5.41, 5.74) is 11.8. The molecule has 0 amide bonds. The van der Waals surface area contributed by atoms with E-state index >= 15 is 0 Å². The monoisotopic (exact) mass is 442 g/mol. The summed E-state index contributed by atoms with van der Waals surface area (Å²) >= 11 is 0. The molecule has 4 rings (SSSR count). The molecule has 3 heteroatoms. The average Bonchev–Trinajstić information content (AvgIpc) is 2.85. The van der Waals surface area contributed by atoms with Crippen LogP contribution in [0.5, 0.6) is 0 Å². The molecule has 1 atom stereocenters. The molecule has 33 heavy (non-hydrogen) atoms. The van der Waals surface area contributed by atoms with E-state index in [2.05, 4.69) is 81.2 Å². The first-order chi connectivity index (χ1) is 16.1. The highest BCUT2D eigenvalue weighted by molar-refractivity contribution is 5.69. The zero-order valence-electron chi connectivity index (χ0n) is 20.9. The molecule has 1 aliphatic carbocycles. The molecule has 1 aromatic heterocycles. The smallest absolute Gasteiger partial charge is 0.0717 e. The van der Waals surface area contributed by atoms with Gasteiger partial charge < -0.3 is 4.74 Å². The van der Waals surface area contributed by atoms with Crippen molar-refractivity contribution in [2.45, 2.75) is 72.1 Å². The van der Waals surface area contributed by atoms with Gasteiger partial charge in [0.05, 0.1) is 12.3 Å². The molecular formula is C30H38N2O. The number of methoxy groups -OCH3 is 1. The minimum atomic E-state index is 0.455. The Morgan fingerprint density at radius 2 is 1.73 bits per heavy atom. The van der Waals surface area contributed by atoms with E-state index < -0.39 is 0 Å². The molecule has 174 valence electrons. The highest BCUT2D eigenvalue weighted by atomic mass is 16.5. The van der Waals surface area contributed by atoms with E-state index in [9.17, 15) is 0 Å². The number of benzene rings is 2. The Hall–Kier alpha value is -2.49. The first kappa shape index (κ1) is 23.7. The van der Waals surface area contributed by atoms with Crippen molar-refractivity contribution in [1.82, 2.24) is 9.88 Å². The van der Waals surface area contributed by atoms with Crippen LogP contribution < -0.4 is 0 Å². The van der Waals surface area contributed by atoms with E-state index in [0.717, 1.165) is 30.8 Å². The lowest BCUT2D eigenvalue weighted by Crippen LogP contribution is -2.28. The maximum atomic E-state index is 5.66. The number of pyridine rings is 1. The van der Waals surface area contributed by atoms with Crippen LogP contribution in [0.2, 0.25) is 0 Å². The lowest BCUT2D eigenvalue weighted by molar-refractivity contribution is 0.179. The van der Waals surface area contributed by atoms with Gasteiger partial charge in [-0.25, -0.2) is 0 Å². The molecule has 0 spiro atoms. The van der Waals surface area contributed by atoms with Gasteiger partial charge in [0.15, 0.2) is 0 Å². The summed E-state index contributed by atoms with van der Waals surface area (Å²) in [7, 11) is 4.05. The zero-order valence-corrected chi connectivity index (χ0v) is 20.9. The first-order valence-electron chi connectivity index (χ1n) is 12.4. The topological polar surface area (TPSA) is 25.4 Å². The minimum Gasteiger partial charge on any atom is -0.380 e. The van der Waals surface area contributed by atoms with E-state index in [1.54, 1.807) is 7.11 Å². The second kappa shape index (κ2) is 10.6. The third-order valence-corrected chi connectivity index (χ3v) is 7.26. The van der Waals surface area contributed by atoms with Crippen LogP contribution in [0.25, 0.3) is 11.3 Å². The second-order valence-electron chi connectivity index (χ2n) is 9.34. The molecule has 0 N–H and O–H groups in total. The van der Waals surface area contributed by atoms with Gasteiger partial charge in [-0.3, -0.25) is 9.88 Å². The van der Waals surface area contributed by atoms with Crippen LogP contribution in [-0.2, 0) is 37.2 Å². The number of rotatable bonds is 8. The average molecular weight is 443 g/mol. The van der Waals surface area contributed by atoms with Crippen LogP contribution >= 0.6 is 0 Å². The molecule has 3 nitrogen and oxygen atoms in total. The molecule has 0 radical (unpaired) electrons. The number of fused-ring (bicyclic) bond motifs is 1. The predicted octanol–water partition coefficient (Wildman–Crippen LogP) is 6.84. The van der Waals surface area contributed by atoms with Gasteiger partial charge >= 0.3 is 0 Å². The summed E-state index contributed by atoms with van der Waals surface area (Å²) in [6.07, 6.45) is 5.67. The van der Waals surface area contributed by atoms with Crippen LogP contribution in [0.3, 0.4) is 0 Å². The largest absolute Gasteiger partial charge is 0.380 e. The van der Waals surface area contributed by atoms with Crippen molar-refractivity contribution >= 4 is 0 Å². The van der Waals surface area contributed by atoms with Gasteiger partial charge in [-0.05, 0) is 85.5 Å². The number of nitrogens with zero attached hydrogens (tertiary/aromatic N) is 2. The number of hydrogen-bond donors (Lipinski definition) is 0. The summed E-state index contributed by atoms with van der Waals surface area (Å²) in [5, 5.41) is 0. The molecule has 0 aliphatic heterocycles. The molecule has 1 heterocycles. The van der Waals surface area contributed by atoms with Crippen LogP contribution in [0, 0.1) is 6.92 Å². The van der Waals surface area contributed by atoms with Crippen molar-refractivity contribution < 1.29 is 4.74 Å². The van der Waals surface area contributed by atoms with E-state index in [0.29, 0.717) is 12.6 Å². The number of ether oxygens (including phenoxy) is 1. The summed E-state index contributed by atoms with van der Waals surface area (Å²) in [6, 6.07) is 18.3. The van der Waals surface area contributed by atoms with Crippen molar-refractivity contribution in [2.75, 3.05) is 14.2 Å². The molecule has 0 saturated heterocycles. The van der Waals surface area contributed by atoms with Gasteiger partial charge in [-0.2, -0.15) is 0 Å². The fraction of sp³-hybridized carbons (Fsp3) is 0.433. The molecular weight excluding hydrogens is 404 g/mol. The van der Waals surface area contributed by atoms with E-state index in [-0.39, 0.29) is 0 Å². The Balaban J connectivity index is 1.71. The summed E-state index contributed by atoms with van der Waals surface area (Å²) in [4.78, 5) is 7.68. The number of hydrogen-bond acceptors (Lipinski definition) is 3. The van der Waals surface area contributed by atoms with Crippen molar-refractivity contribution in [3.63, 3.8) is 0 Å². The van der Waals surface area contributed by atoms with Gasteiger partial charge in [-0.15, -0.1) is 0 Å². The fourth-order valence-corrected chi connectivity index (χ4v) is 5.51. The first-order valence-corrected chi connectivity index (χ1v) is 12.4. The quantitative estimate of drug-likeness (QED) is 0.382. The highest BCUT2D eigenvalue weighted by Crippen LogP contribution is 2.36. The second-order valence-corrected chi connectivity index (χ2v) is 9.34. The van der Waals surface area contributed by atoms with Crippen molar-refractivity contribution in [3.8, 4) is 11.3 Å². The van der Waals surface area contributed by atoms with Gasteiger partial charge in [-0.1, -0.05) is 56.3 Å². The van der Waals surface area contributed by atoms with Gasteiger partial charge in [0.2, 0.25) is 0 Å². The van der Waals surface area contributed by atoms with Crippen molar-refractivity contribution in [1.29, 1.82) is 0 Å². The minimum absolute atomic E-state index is 0.455. The van der Waals surface area contributed by atoms with E-state index in [1.165, 1.54) is 58.2 Å². The van der Waals surface area contributed by atoms with Gasteiger partial charge in [0, 0.05) is 31.0 Å². The molecule has 0 bridgehead atoms. The highest BCUT2D eigenvalue weighted by Gasteiger charge is 2.25. The third-order valence-electron chi connectivity index (χ3n) is 7.26. The van der Waals surface area contributed by atoms with E-state index in [4.69, 9.17) is 9.72 Å². The van der Waals surface area contributed by atoms with Crippen LogP contribution in [0.4, 0.5) is 0 Å². The summed E-state index contributed by atoms with van der Waals surface area (Å²) < 4.78 is 5.66. The van der Waals surface area contributed by atoms with Crippen molar-refractivity contribution in [2.24, 2.45) is 0 Å². The zero-order chi connectivity index (χ0) is 23.4. The molecule has 3 aromatic rings. The van der Waals surface area contributed by atoms with Crippen molar-refractivity contribution in [3.05, 3.63) is 87.6 Å². The Morgan fingerprint density at radius 3 is 2.42 bits per heavy atom. The van der Waals surface area contributed by atoms with E-state index in [1.807, 2.05) is 0 Å². The molecule has 0 saturated carbocycles. The standard InChI is InChI=1S/C30H38N2O/c1-6-22-13-10-14-23(7-2)30(22)28-18-25(20-33-5)27(21(3)31-28)19-32(4)29-17-11-15-24-12-8-9-16-26(24)29/h8-10,12-14,16,18,29H,6-7,11,15,17,19-20H2,1-5H3. The Kier molecular flexibility index (Phi) is 7.62. The summed E-state index contributed by atoms with van der Waals surface area (Å²) in [5.74, 6) is 0. The Morgan fingerprint density at radius 1 is 1.00 bits per heavy atom. The predicted molar refractivity (Wildman–Crippen MR) is 137 cm³/mol. The van der Waals surface area contributed by atoms with Gasteiger partial charge in [0.1, 0.15) is 0 Å². The normalized spacial score (nSPS) is 15.6. The molecule has 0 fully saturated rings. The lowest BCUT2D eigenvalue weighted by Gasteiger charge is -2.34. The molecule has 1 aliphatic rings. The number of aromatic nitrogens is 1. The lowest BCUT2D eigenvalue weighted by atomic mass is 9.86. The maximum Gasteiger partial charge on any atom is 0.0717 e. The summed E-state index contributed by atoms with van der Waals surface area (Å²) in [6.45, 7) is 8.11. The third kappa shape index (κ3) is 4.90. The van der Waals surface area contributed by atoms with Crippen LogP contribution in [0.1, 0.15) is 71.8 Å². The molecule has 2 aromatic carbocycles. The SMILES string of the molecule is CCc1cccc(CC)c1-c1cc(COC)c(CN(C)C2CCCc3ccccc32)c(C)n1. The molecule has 1 unspecified atom stereocenters. The Labute approximate surface area is 199 Å². The van der Waals surface area contributed by atoms with Crippen LogP contribution in [-0.4, -0.2) is 24.0 Å². The fourth-order valence-electron chi connectivity index (χ4n) is 5.51. The van der Waals surface area contributed by atoms with Crippen LogP contribution in [0.15, 0.2) is 48.5 Å². The number of aryl methyl sites for hydroxylation is 4. The Bertz CT molecular complexity index is 1080. The van der Waals surface area contributed by atoms with Gasteiger partial charge in [0.25, 0.3) is 0 Å². The maximum absolute atomic E-state index is 5.66.